The van der Waals surface area contributed by atoms with Gasteiger partial charge in [0.15, 0.2) is 5.96 Å². The number of rotatable bonds is 9. The molecular formula is C19H27ClF2N6O. The van der Waals surface area contributed by atoms with Crippen molar-refractivity contribution in [2.45, 2.75) is 26.1 Å². The van der Waals surface area contributed by atoms with Crippen molar-refractivity contribution in [2.24, 2.45) is 12.0 Å². The monoisotopic (exact) mass is 428 g/mol. The van der Waals surface area contributed by atoms with Crippen molar-refractivity contribution in [3.63, 3.8) is 0 Å². The number of nitrogens with one attached hydrogen (secondary N) is 2. The molecule has 1 aromatic carbocycles. The standard InChI is InChI=1S/C19H27ClF2N6O/c1-5-23-19(25-11-16(27(2)3)14-10-26-28(4)12-14)24-9-13-8-15(20)6-7-17(13)29-18(21)22/h6-8,10,12,16,18H,5,9,11H2,1-4H3,(H2,23,24,25). The Morgan fingerprint density at radius 2 is 2.10 bits per heavy atom. The van der Waals surface area contributed by atoms with Crippen LogP contribution in [0.3, 0.4) is 0 Å². The molecule has 0 aliphatic heterocycles. The van der Waals surface area contributed by atoms with Gasteiger partial charge in [-0.05, 0) is 39.2 Å². The Balaban J connectivity index is 2.12. The normalized spacial score (nSPS) is 13.1. The molecule has 0 spiro atoms. The molecule has 0 saturated heterocycles. The first-order valence-corrected chi connectivity index (χ1v) is 9.58. The van der Waals surface area contributed by atoms with Gasteiger partial charge < -0.3 is 20.3 Å². The van der Waals surface area contributed by atoms with E-state index < -0.39 is 6.61 Å². The summed E-state index contributed by atoms with van der Waals surface area (Å²) < 4.78 is 31.6. The van der Waals surface area contributed by atoms with Crippen LogP contribution in [-0.4, -0.2) is 54.4 Å². The maximum absolute atomic E-state index is 12.6. The number of aryl methyl sites for hydroxylation is 1. The van der Waals surface area contributed by atoms with Crippen LogP contribution in [0.5, 0.6) is 5.75 Å². The fourth-order valence-electron chi connectivity index (χ4n) is 2.79. The molecule has 0 amide bonds. The highest BCUT2D eigenvalue weighted by atomic mass is 35.5. The minimum Gasteiger partial charge on any atom is -0.434 e. The van der Waals surface area contributed by atoms with Crippen LogP contribution in [0.1, 0.15) is 24.1 Å². The summed E-state index contributed by atoms with van der Waals surface area (Å²) in [5.74, 6) is 0.622. The van der Waals surface area contributed by atoms with Crippen LogP contribution < -0.4 is 15.4 Å². The number of ether oxygens (including phenoxy) is 1. The van der Waals surface area contributed by atoms with Crippen molar-refractivity contribution in [3.8, 4) is 5.75 Å². The molecule has 29 heavy (non-hydrogen) atoms. The maximum Gasteiger partial charge on any atom is 0.387 e. The Kier molecular flexibility index (Phi) is 8.66. The van der Waals surface area contributed by atoms with Crippen LogP contribution in [0.25, 0.3) is 0 Å². The fourth-order valence-corrected chi connectivity index (χ4v) is 2.99. The fraction of sp³-hybridized carbons (Fsp3) is 0.474. The molecule has 2 N–H and O–H groups in total. The highest BCUT2D eigenvalue weighted by molar-refractivity contribution is 6.30. The highest BCUT2D eigenvalue weighted by Gasteiger charge is 2.16. The van der Waals surface area contributed by atoms with Gasteiger partial charge in [-0.3, -0.25) is 4.68 Å². The first-order valence-electron chi connectivity index (χ1n) is 9.20. The lowest BCUT2D eigenvalue weighted by Crippen LogP contribution is -2.41. The van der Waals surface area contributed by atoms with E-state index in [0.717, 1.165) is 5.56 Å². The average Bonchev–Trinajstić information content (AvgIpc) is 3.07. The largest absolute Gasteiger partial charge is 0.434 e. The molecule has 1 heterocycles. The number of benzene rings is 1. The van der Waals surface area contributed by atoms with E-state index in [1.54, 1.807) is 10.7 Å². The molecule has 0 fully saturated rings. The van der Waals surface area contributed by atoms with Gasteiger partial charge in [0.05, 0.1) is 18.8 Å². The number of aromatic nitrogens is 2. The van der Waals surface area contributed by atoms with Gasteiger partial charge >= 0.3 is 6.61 Å². The Bertz CT molecular complexity index is 812. The lowest BCUT2D eigenvalue weighted by Gasteiger charge is -2.24. The van der Waals surface area contributed by atoms with E-state index in [0.29, 0.717) is 29.6 Å². The second-order valence-electron chi connectivity index (χ2n) is 6.63. The summed E-state index contributed by atoms with van der Waals surface area (Å²) >= 11 is 6.00. The molecule has 160 valence electrons. The molecule has 1 atom stereocenters. The van der Waals surface area contributed by atoms with Gasteiger partial charge in [0.1, 0.15) is 5.75 Å². The van der Waals surface area contributed by atoms with Gasteiger partial charge in [0.25, 0.3) is 0 Å². The molecule has 0 radical (unpaired) electrons. The van der Waals surface area contributed by atoms with E-state index in [9.17, 15) is 8.78 Å². The van der Waals surface area contributed by atoms with Crippen LogP contribution in [0, 0.1) is 0 Å². The van der Waals surface area contributed by atoms with E-state index in [1.165, 1.54) is 12.1 Å². The highest BCUT2D eigenvalue weighted by Crippen LogP contribution is 2.25. The van der Waals surface area contributed by atoms with Gasteiger partial charge in [0.2, 0.25) is 0 Å². The third kappa shape index (κ3) is 7.17. The summed E-state index contributed by atoms with van der Waals surface area (Å²) in [7, 11) is 5.85. The van der Waals surface area contributed by atoms with E-state index in [2.05, 4.69) is 30.4 Å². The SMILES string of the molecule is CCNC(=NCc1cc(Cl)ccc1OC(F)F)NCC(c1cnn(C)c1)N(C)C. The predicted octanol–water partition coefficient (Wildman–Crippen LogP) is 3.03. The second-order valence-corrected chi connectivity index (χ2v) is 7.07. The Labute approximate surface area is 174 Å². The van der Waals surface area contributed by atoms with Crippen molar-refractivity contribution in [2.75, 3.05) is 27.2 Å². The zero-order valence-electron chi connectivity index (χ0n) is 17.0. The maximum atomic E-state index is 12.6. The number of guanidine groups is 1. The van der Waals surface area contributed by atoms with E-state index in [1.807, 2.05) is 40.5 Å². The topological polar surface area (TPSA) is 66.7 Å². The predicted molar refractivity (Wildman–Crippen MR) is 111 cm³/mol. The van der Waals surface area contributed by atoms with Crippen molar-refractivity contribution in [1.29, 1.82) is 0 Å². The summed E-state index contributed by atoms with van der Waals surface area (Å²) in [5.41, 5.74) is 1.55. The van der Waals surface area contributed by atoms with Crippen LogP contribution in [0.15, 0.2) is 35.6 Å². The minimum atomic E-state index is -2.91. The van der Waals surface area contributed by atoms with Crippen LogP contribution >= 0.6 is 11.6 Å². The summed E-state index contributed by atoms with van der Waals surface area (Å²) in [5, 5.41) is 11.1. The first-order chi connectivity index (χ1) is 13.8. The Morgan fingerprint density at radius 3 is 2.69 bits per heavy atom. The van der Waals surface area contributed by atoms with Crippen molar-refractivity contribution >= 4 is 17.6 Å². The van der Waals surface area contributed by atoms with Crippen molar-refractivity contribution < 1.29 is 13.5 Å². The van der Waals surface area contributed by atoms with E-state index >= 15 is 0 Å². The number of halogens is 3. The number of nitrogens with zero attached hydrogens (tertiary/aromatic N) is 4. The van der Waals surface area contributed by atoms with Gasteiger partial charge in [-0.25, -0.2) is 4.99 Å². The third-order valence-electron chi connectivity index (χ3n) is 4.19. The quantitative estimate of drug-likeness (QED) is 0.474. The molecule has 0 aliphatic carbocycles. The first kappa shape index (κ1) is 22.9. The zero-order chi connectivity index (χ0) is 21.4. The summed E-state index contributed by atoms with van der Waals surface area (Å²) in [6.45, 7) is 0.414. The lowest BCUT2D eigenvalue weighted by atomic mass is 10.1. The number of aliphatic imine (C=N–C) groups is 1. The van der Waals surface area contributed by atoms with Gasteiger partial charge in [0, 0.05) is 42.5 Å². The van der Waals surface area contributed by atoms with Gasteiger partial charge in [-0.15, -0.1) is 0 Å². The second kappa shape index (κ2) is 11.0. The van der Waals surface area contributed by atoms with Crippen LogP contribution in [-0.2, 0) is 13.6 Å². The molecule has 10 heteroatoms. The Hall–Kier alpha value is -2.39. The molecule has 2 aromatic rings. The number of hydrogen-bond donors (Lipinski definition) is 2. The molecular weight excluding hydrogens is 402 g/mol. The molecule has 0 saturated carbocycles. The average molecular weight is 429 g/mol. The molecule has 7 nitrogen and oxygen atoms in total. The minimum absolute atomic E-state index is 0.0607. The molecule has 2 rings (SSSR count). The van der Waals surface area contributed by atoms with Gasteiger partial charge in [-0.2, -0.15) is 13.9 Å². The third-order valence-corrected chi connectivity index (χ3v) is 4.42. The molecule has 1 aromatic heterocycles. The molecule has 0 bridgehead atoms. The van der Waals surface area contributed by atoms with Crippen molar-refractivity contribution in [1.82, 2.24) is 25.3 Å². The number of alkyl halides is 2. The zero-order valence-corrected chi connectivity index (χ0v) is 17.7. The smallest absolute Gasteiger partial charge is 0.387 e. The van der Waals surface area contributed by atoms with Crippen molar-refractivity contribution in [3.05, 3.63) is 46.7 Å². The van der Waals surface area contributed by atoms with Gasteiger partial charge in [-0.1, -0.05) is 11.6 Å². The molecule has 0 aliphatic rings. The Morgan fingerprint density at radius 1 is 1.34 bits per heavy atom. The van der Waals surface area contributed by atoms with E-state index in [4.69, 9.17) is 11.6 Å². The number of hydrogen-bond acceptors (Lipinski definition) is 4. The summed E-state index contributed by atoms with van der Waals surface area (Å²) in [4.78, 5) is 6.58. The van der Waals surface area contributed by atoms with Crippen LogP contribution in [0.2, 0.25) is 5.02 Å². The summed E-state index contributed by atoms with van der Waals surface area (Å²) in [6, 6.07) is 4.58. The molecule has 1 unspecified atom stereocenters. The lowest BCUT2D eigenvalue weighted by molar-refractivity contribution is -0.0504. The van der Waals surface area contributed by atoms with Crippen LogP contribution in [0.4, 0.5) is 8.78 Å². The number of likely N-dealkylation sites (N-methyl/N-ethyl adjacent to an activating group) is 1. The summed E-state index contributed by atoms with van der Waals surface area (Å²) in [6.07, 6.45) is 3.80. The van der Waals surface area contributed by atoms with E-state index in [-0.39, 0.29) is 18.3 Å².